The molecule has 0 bridgehead atoms. The van der Waals surface area contributed by atoms with Gasteiger partial charge in [0, 0.05) is 10.7 Å². The summed E-state index contributed by atoms with van der Waals surface area (Å²) >= 11 is 9.01. The molecule has 0 fully saturated rings. The van der Waals surface area contributed by atoms with Gasteiger partial charge in [-0.2, -0.15) is 0 Å². The van der Waals surface area contributed by atoms with Crippen molar-refractivity contribution in [2.45, 2.75) is 6.92 Å². The van der Waals surface area contributed by atoms with E-state index >= 15 is 0 Å². The Morgan fingerprint density at radius 3 is 2.76 bits per heavy atom. The number of carbonyl (C=O) groups excluding carboxylic acids is 1. The van der Waals surface area contributed by atoms with Gasteiger partial charge in [0.25, 0.3) is 5.91 Å². The van der Waals surface area contributed by atoms with Crippen molar-refractivity contribution in [1.82, 2.24) is 0 Å². The first-order chi connectivity index (χ1) is 8.06. The lowest BCUT2D eigenvalue weighted by Crippen LogP contribution is -2.11. The van der Waals surface area contributed by atoms with Crippen molar-refractivity contribution in [1.29, 1.82) is 0 Å². The van der Waals surface area contributed by atoms with Gasteiger partial charge in [0.2, 0.25) is 0 Å². The number of halogens is 2. The number of rotatable bonds is 2. The lowest BCUT2D eigenvalue weighted by atomic mass is 10.2. The second kappa shape index (κ2) is 4.94. The molecule has 1 heterocycles. The summed E-state index contributed by atoms with van der Waals surface area (Å²) in [6.45, 7) is 1.89. The van der Waals surface area contributed by atoms with E-state index in [1.54, 1.807) is 24.3 Å². The van der Waals surface area contributed by atoms with Crippen molar-refractivity contribution in [2.75, 3.05) is 5.32 Å². The molecule has 0 aliphatic heterocycles. The Labute approximate surface area is 112 Å². The maximum atomic E-state index is 11.8. The Hall–Kier alpha value is -1.26. The second-order valence-corrected chi connectivity index (χ2v) is 4.74. The summed E-state index contributed by atoms with van der Waals surface area (Å²) in [4.78, 5) is 11.8. The van der Waals surface area contributed by atoms with Crippen LogP contribution in [0.4, 0.5) is 5.69 Å². The normalized spacial score (nSPS) is 10.3. The molecule has 0 unspecified atom stereocenters. The van der Waals surface area contributed by atoms with Gasteiger partial charge >= 0.3 is 0 Å². The average Bonchev–Trinajstić information content (AvgIpc) is 2.70. The molecule has 0 saturated carbocycles. The van der Waals surface area contributed by atoms with Gasteiger partial charge in [-0.1, -0.05) is 17.7 Å². The number of nitrogens with one attached hydrogen (secondary N) is 1. The van der Waals surface area contributed by atoms with Crippen LogP contribution in [-0.4, -0.2) is 5.91 Å². The van der Waals surface area contributed by atoms with Crippen LogP contribution in [0, 0.1) is 6.92 Å². The standard InChI is InChI=1S/C12H9BrClNO2/c1-7-2-3-8(14)6-9(7)15-12(16)10-4-5-11(13)17-10/h2-6H,1H3,(H,15,16). The Kier molecular flexibility index (Phi) is 3.54. The summed E-state index contributed by atoms with van der Waals surface area (Å²) in [5.74, 6) is -0.0580. The molecule has 0 spiro atoms. The quantitative estimate of drug-likeness (QED) is 0.900. The Balaban J connectivity index is 2.21. The van der Waals surface area contributed by atoms with Crippen molar-refractivity contribution in [3.8, 4) is 0 Å². The van der Waals surface area contributed by atoms with Gasteiger partial charge in [-0.3, -0.25) is 4.79 Å². The molecular weight excluding hydrogens is 305 g/mol. The minimum absolute atomic E-state index is 0.247. The molecule has 0 radical (unpaired) electrons. The van der Waals surface area contributed by atoms with E-state index in [0.717, 1.165) is 5.56 Å². The largest absolute Gasteiger partial charge is 0.444 e. The van der Waals surface area contributed by atoms with Gasteiger partial charge < -0.3 is 9.73 Å². The minimum Gasteiger partial charge on any atom is -0.444 e. The zero-order valence-electron chi connectivity index (χ0n) is 8.96. The van der Waals surface area contributed by atoms with Crippen LogP contribution in [0.15, 0.2) is 39.4 Å². The molecule has 0 aliphatic carbocycles. The number of furan rings is 1. The van der Waals surface area contributed by atoms with Crippen LogP contribution >= 0.6 is 27.5 Å². The first-order valence-corrected chi connectivity index (χ1v) is 6.06. The maximum absolute atomic E-state index is 11.8. The highest BCUT2D eigenvalue weighted by molar-refractivity contribution is 9.10. The van der Waals surface area contributed by atoms with Gasteiger partial charge in [0.05, 0.1) is 0 Å². The van der Waals surface area contributed by atoms with Crippen molar-refractivity contribution < 1.29 is 9.21 Å². The van der Waals surface area contributed by atoms with Crippen molar-refractivity contribution in [2.24, 2.45) is 0 Å². The summed E-state index contributed by atoms with van der Waals surface area (Å²) in [5, 5.41) is 3.32. The molecule has 88 valence electrons. The average molecular weight is 315 g/mol. The van der Waals surface area contributed by atoms with Crippen LogP contribution in [0.3, 0.4) is 0 Å². The first kappa shape index (κ1) is 12.2. The van der Waals surface area contributed by atoms with Crippen LogP contribution in [0.25, 0.3) is 0 Å². The molecule has 5 heteroatoms. The van der Waals surface area contributed by atoms with E-state index < -0.39 is 0 Å². The molecule has 1 aromatic heterocycles. The summed E-state index contributed by atoms with van der Waals surface area (Å²) in [6, 6.07) is 8.58. The van der Waals surface area contributed by atoms with Crippen molar-refractivity contribution in [3.05, 3.63) is 51.3 Å². The third-order valence-electron chi connectivity index (χ3n) is 2.24. The number of amides is 1. The number of hydrogen-bond acceptors (Lipinski definition) is 2. The molecule has 2 rings (SSSR count). The van der Waals surface area contributed by atoms with Crippen LogP contribution < -0.4 is 5.32 Å². The second-order valence-electron chi connectivity index (χ2n) is 3.52. The van der Waals surface area contributed by atoms with Gasteiger partial charge in [-0.15, -0.1) is 0 Å². The summed E-state index contributed by atoms with van der Waals surface area (Å²) in [7, 11) is 0. The lowest BCUT2D eigenvalue weighted by molar-refractivity contribution is 0.0995. The topological polar surface area (TPSA) is 42.2 Å². The maximum Gasteiger partial charge on any atom is 0.291 e. The highest BCUT2D eigenvalue weighted by Gasteiger charge is 2.11. The van der Waals surface area contributed by atoms with E-state index in [2.05, 4.69) is 21.2 Å². The van der Waals surface area contributed by atoms with Crippen LogP contribution in [0.1, 0.15) is 16.1 Å². The minimum atomic E-state index is -0.305. The van der Waals surface area contributed by atoms with Crippen LogP contribution in [-0.2, 0) is 0 Å². The van der Waals surface area contributed by atoms with Gasteiger partial charge in [0.1, 0.15) is 0 Å². The van der Waals surface area contributed by atoms with Crippen molar-refractivity contribution in [3.63, 3.8) is 0 Å². The smallest absolute Gasteiger partial charge is 0.291 e. The van der Waals surface area contributed by atoms with E-state index in [9.17, 15) is 4.79 Å². The predicted octanol–water partition coefficient (Wildman–Crippen LogP) is 4.26. The Morgan fingerprint density at radius 2 is 2.12 bits per heavy atom. The molecule has 3 nitrogen and oxygen atoms in total. The fourth-order valence-electron chi connectivity index (χ4n) is 1.35. The highest BCUT2D eigenvalue weighted by atomic mass is 79.9. The predicted molar refractivity (Wildman–Crippen MR) is 70.6 cm³/mol. The molecule has 0 atom stereocenters. The Morgan fingerprint density at radius 1 is 1.35 bits per heavy atom. The molecule has 0 saturated heterocycles. The molecule has 0 aliphatic rings. The summed E-state index contributed by atoms with van der Waals surface area (Å²) in [6.07, 6.45) is 0. The lowest BCUT2D eigenvalue weighted by Gasteiger charge is -2.07. The number of carbonyl (C=O) groups is 1. The monoisotopic (exact) mass is 313 g/mol. The van der Waals surface area contributed by atoms with Gasteiger partial charge in [-0.25, -0.2) is 0 Å². The third kappa shape index (κ3) is 2.90. The van der Waals surface area contributed by atoms with E-state index in [0.29, 0.717) is 15.4 Å². The van der Waals surface area contributed by atoms with E-state index in [1.165, 1.54) is 0 Å². The zero-order chi connectivity index (χ0) is 12.4. The van der Waals surface area contributed by atoms with Crippen LogP contribution in [0.2, 0.25) is 5.02 Å². The van der Waals surface area contributed by atoms with E-state index in [4.69, 9.17) is 16.0 Å². The highest BCUT2D eigenvalue weighted by Crippen LogP contribution is 2.21. The van der Waals surface area contributed by atoms with Gasteiger partial charge in [-0.05, 0) is 52.7 Å². The number of benzene rings is 1. The number of anilines is 1. The van der Waals surface area contributed by atoms with E-state index in [-0.39, 0.29) is 11.7 Å². The summed E-state index contributed by atoms with van der Waals surface area (Å²) < 4.78 is 5.68. The molecule has 1 aromatic carbocycles. The third-order valence-corrected chi connectivity index (χ3v) is 2.91. The van der Waals surface area contributed by atoms with Gasteiger partial charge in [0.15, 0.2) is 10.4 Å². The number of hydrogen-bond donors (Lipinski definition) is 1. The SMILES string of the molecule is Cc1ccc(Cl)cc1NC(=O)c1ccc(Br)o1. The number of aryl methyl sites for hydroxylation is 1. The molecular formula is C12H9BrClNO2. The van der Waals surface area contributed by atoms with Crippen molar-refractivity contribution >= 4 is 39.1 Å². The summed E-state index contributed by atoms with van der Waals surface area (Å²) in [5.41, 5.74) is 1.61. The fraction of sp³-hybridized carbons (Fsp3) is 0.0833. The Bertz CT molecular complexity index is 565. The van der Waals surface area contributed by atoms with Crippen LogP contribution in [0.5, 0.6) is 0 Å². The molecule has 17 heavy (non-hydrogen) atoms. The van der Waals surface area contributed by atoms with E-state index in [1.807, 2.05) is 13.0 Å². The fourth-order valence-corrected chi connectivity index (χ4v) is 1.83. The first-order valence-electron chi connectivity index (χ1n) is 4.89. The molecule has 1 N–H and O–H groups in total. The molecule has 2 aromatic rings. The zero-order valence-corrected chi connectivity index (χ0v) is 11.3. The molecule has 1 amide bonds.